The van der Waals surface area contributed by atoms with E-state index in [0.29, 0.717) is 11.4 Å². The number of rotatable bonds is 5. The number of hydrogen-bond donors (Lipinski definition) is 2. The van der Waals surface area contributed by atoms with Crippen LogP contribution in [0.25, 0.3) is 17.1 Å². The van der Waals surface area contributed by atoms with Gasteiger partial charge in [0.15, 0.2) is 11.0 Å². The Morgan fingerprint density at radius 3 is 2.42 bits per heavy atom. The summed E-state index contributed by atoms with van der Waals surface area (Å²) in [5, 5.41) is 13.3. The van der Waals surface area contributed by atoms with Crippen LogP contribution in [0.15, 0.2) is 53.7 Å². The molecule has 0 unspecified atom stereocenters. The van der Waals surface area contributed by atoms with Crippen molar-refractivity contribution in [1.29, 1.82) is 0 Å². The van der Waals surface area contributed by atoms with Gasteiger partial charge in [0, 0.05) is 17.2 Å². The molecular formula is C21H21F2N5O2S. The van der Waals surface area contributed by atoms with Gasteiger partial charge in [-0.3, -0.25) is 14.7 Å². The van der Waals surface area contributed by atoms with Crippen LogP contribution < -0.4 is 10.6 Å². The molecule has 7 nitrogen and oxygen atoms in total. The molecule has 10 heteroatoms. The number of hydrogen-bond acceptors (Lipinski definition) is 5. The van der Waals surface area contributed by atoms with Crippen LogP contribution in [0.4, 0.5) is 13.6 Å². The smallest absolute Gasteiger partial charge is 0.321 e. The zero-order valence-electron chi connectivity index (χ0n) is 17.1. The number of imide groups is 1. The van der Waals surface area contributed by atoms with Crippen molar-refractivity contribution in [3.63, 3.8) is 0 Å². The lowest BCUT2D eigenvalue weighted by atomic mass is 10.1. The highest BCUT2D eigenvalue weighted by atomic mass is 32.2. The number of benzene rings is 2. The largest absolute Gasteiger partial charge is 0.333 e. The first-order chi connectivity index (χ1) is 14.6. The zero-order chi connectivity index (χ0) is 22.6. The second kappa shape index (κ2) is 9.25. The predicted molar refractivity (Wildman–Crippen MR) is 114 cm³/mol. The Hall–Kier alpha value is -3.27. The van der Waals surface area contributed by atoms with Crippen molar-refractivity contribution in [3.8, 4) is 17.1 Å². The summed E-state index contributed by atoms with van der Waals surface area (Å²) in [6, 6.07) is 11.5. The van der Waals surface area contributed by atoms with Crippen LogP contribution in [0.1, 0.15) is 20.8 Å². The summed E-state index contributed by atoms with van der Waals surface area (Å²) in [4.78, 5) is 24.0. The molecule has 162 valence electrons. The maximum Gasteiger partial charge on any atom is 0.321 e. The fourth-order valence-corrected chi connectivity index (χ4v) is 3.43. The van der Waals surface area contributed by atoms with Gasteiger partial charge in [-0.25, -0.2) is 13.6 Å². The third-order valence-corrected chi connectivity index (χ3v) is 4.82. The lowest BCUT2D eigenvalue weighted by Crippen LogP contribution is -2.48. The van der Waals surface area contributed by atoms with Crippen molar-refractivity contribution in [3.05, 3.63) is 60.2 Å². The van der Waals surface area contributed by atoms with Gasteiger partial charge >= 0.3 is 6.03 Å². The van der Waals surface area contributed by atoms with E-state index < -0.39 is 29.1 Å². The number of carbonyl (C=O) groups is 2. The third kappa shape index (κ3) is 5.88. The molecule has 0 spiro atoms. The van der Waals surface area contributed by atoms with Gasteiger partial charge in [-0.1, -0.05) is 42.1 Å². The molecule has 0 radical (unpaired) electrons. The number of carbonyl (C=O) groups excluding carboxylic acids is 2. The van der Waals surface area contributed by atoms with E-state index in [0.717, 1.165) is 23.9 Å². The average Bonchev–Trinajstić information content (AvgIpc) is 3.09. The minimum absolute atomic E-state index is 0.0404. The number of thioether (sulfide) groups is 1. The maximum atomic E-state index is 14.6. The van der Waals surface area contributed by atoms with Gasteiger partial charge in [0.25, 0.3) is 0 Å². The SMILES string of the molecule is CC(C)(C)NC(=O)NC(=O)CSc1nnc(-c2ccccc2)n1-c1ccc(F)cc1F. The Morgan fingerprint density at radius 1 is 1.06 bits per heavy atom. The van der Waals surface area contributed by atoms with Crippen molar-refractivity contribution in [2.45, 2.75) is 31.5 Å². The molecule has 3 rings (SSSR count). The van der Waals surface area contributed by atoms with Gasteiger partial charge in [0.2, 0.25) is 5.91 Å². The number of urea groups is 1. The van der Waals surface area contributed by atoms with Gasteiger partial charge in [0.05, 0.1) is 11.4 Å². The van der Waals surface area contributed by atoms with Gasteiger partial charge in [0.1, 0.15) is 11.6 Å². The van der Waals surface area contributed by atoms with Crippen molar-refractivity contribution < 1.29 is 18.4 Å². The highest BCUT2D eigenvalue weighted by Crippen LogP contribution is 2.29. The molecule has 0 bridgehead atoms. The lowest BCUT2D eigenvalue weighted by Gasteiger charge is -2.20. The first kappa shape index (κ1) is 22.4. The van der Waals surface area contributed by atoms with E-state index in [-0.39, 0.29) is 16.6 Å². The predicted octanol–water partition coefficient (Wildman–Crippen LogP) is 3.93. The molecule has 0 aliphatic rings. The summed E-state index contributed by atoms with van der Waals surface area (Å²) in [6.45, 7) is 5.36. The van der Waals surface area contributed by atoms with Crippen LogP contribution in [0.5, 0.6) is 0 Å². The summed E-state index contributed by atoms with van der Waals surface area (Å²) in [7, 11) is 0. The second-order valence-electron chi connectivity index (χ2n) is 7.64. The van der Waals surface area contributed by atoms with Crippen LogP contribution >= 0.6 is 11.8 Å². The minimum atomic E-state index is -0.798. The Kier molecular flexibility index (Phi) is 6.69. The quantitative estimate of drug-likeness (QED) is 0.581. The van der Waals surface area contributed by atoms with Crippen LogP contribution in [-0.2, 0) is 4.79 Å². The molecule has 31 heavy (non-hydrogen) atoms. The van der Waals surface area contributed by atoms with E-state index in [1.54, 1.807) is 45.0 Å². The van der Waals surface area contributed by atoms with Crippen LogP contribution in [0.2, 0.25) is 0 Å². The summed E-state index contributed by atoms with van der Waals surface area (Å²) in [5.41, 5.74) is 0.209. The number of nitrogens with one attached hydrogen (secondary N) is 2. The standard InChI is InChI=1S/C21H21F2N5O2S/c1-21(2,3)25-19(30)24-17(29)12-31-20-27-26-18(13-7-5-4-6-8-13)28(20)16-10-9-14(22)11-15(16)23/h4-11H,12H2,1-3H3,(H2,24,25,29,30). The first-order valence-electron chi connectivity index (χ1n) is 9.35. The molecule has 0 atom stereocenters. The number of nitrogens with zero attached hydrogens (tertiary/aromatic N) is 3. The van der Waals surface area contributed by atoms with Crippen LogP contribution in [0, 0.1) is 11.6 Å². The molecule has 1 heterocycles. The van der Waals surface area contributed by atoms with E-state index in [9.17, 15) is 18.4 Å². The molecule has 0 aliphatic carbocycles. The van der Waals surface area contributed by atoms with E-state index in [1.165, 1.54) is 10.6 Å². The van der Waals surface area contributed by atoms with Gasteiger partial charge in [-0.05, 0) is 32.9 Å². The molecule has 0 fully saturated rings. The highest BCUT2D eigenvalue weighted by molar-refractivity contribution is 7.99. The van der Waals surface area contributed by atoms with Crippen molar-refractivity contribution in [2.24, 2.45) is 0 Å². The van der Waals surface area contributed by atoms with E-state index in [2.05, 4.69) is 20.8 Å². The Labute approximate surface area is 182 Å². The molecule has 0 aliphatic heterocycles. The molecule has 2 aromatic carbocycles. The highest BCUT2D eigenvalue weighted by Gasteiger charge is 2.21. The van der Waals surface area contributed by atoms with Gasteiger partial charge < -0.3 is 5.32 Å². The van der Waals surface area contributed by atoms with Gasteiger partial charge in [-0.15, -0.1) is 10.2 Å². The number of aromatic nitrogens is 3. The summed E-state index contributed by atoms with van der Waals surface area (Å²) in [6.07, 6.45) is 0. The van der Waals surface area contributed by atoms with Crippen LogP contribution in [-0.4, -0.2) is 38.0 Å². The second-order valence-corrected chi connectivity index (χ2v) is 8.59. The molecule has 1 aromatic heterocycles. The van der Waals surface area contributed by atoms with Crippen LogP contribution in [0.3, 0.4) is 0 Å². The molecule has 2 N–H and O–H groups in total. The van der Waals surface area contributed by atoms with Crippen molar-refractivity contribution >= 4 is 23.7 Å². The Balaban J connectivity index is 1.86. The summed E-state index contributed by atoms with van der Waals surface area (Å²) in [5.74, 6) is -1.89. The molecule has 0 saturated carbocycles. The fraction of sp³-hybridized carbons (Fsp3) is 0.238. The molecule has 3 amide bonds. The van der Waals surface area contributed by atoms with Crippen molar-refractivity contribution in [1.82, 2.24) is 25.4 Å². The normalized spacial score (nSPS) is 11.3. The van der Waals surface area contributed by atoms with E-state index in [4.69, 9.17) is 0 Å². The Bertz CT molecular complexity index is 1100. The monoisotopic (exact) mass is 445 g/mol. The Morgan fingerprint density at radius 2 is 1.77 bits per heavy atom. The van der Waals surface area contributed by atoms with Gasteiger partial charge in [-0.2, -0.15) is 0 Å². The summed E-state index contributed by atoms with van der Waals surface area (Å²) < 4.78 is 29.4. The van der Waals surface area contributed by atoms with E-state index >= 15 is 0 Å². The van der Waals surface area contributed by atoms with E-state index in [1.807, 2.05) is 6.07 Å². The molecular weight excluding hydrogens is 424 g/mol. The minimum Gasteiger partial charge on any atom is -0.333 e. The molecule has 0 saturated heterocycles. The number of amides is 3. The average molecular weight is 445 g/mol. The summed E-state index contributed by atoms with van der Waals surface area (Å²) >= 11 is 0.975. The maximum absolute atomic E-state index is 14.6. The molecule has 3 aromatic rings. The number of halogens is 2. The fourth-order valence-electron chi connectivity index (χ4n) is 2.68. The zero-order valence-corrected chi connectivity index (χ0v) is 18.0. The third-order valence-electron chi connectivity index (χ3n) is 3.89. The first-order valence-corrected chi connectivity index (χ1v) is 10.3. The topological polar surface area (TPSA) is 88.9 Å². The van der Waals surface area contributed by atoms with Crippen molar-refractivity contribution in [2.75, 3.05) is 5.75 Å². The lowest BCUT2D eigenvalue weighted by molar-refractivity contribution is -0.117.